The summed E-state index contributed by atoms with van der Waals surface area (Å²) >= 11 is 1.84. The Labute approximate surface area is 204 Å². The van der Waals surface area contributed by atoms with Gasteiger partial charge in [0.15, 0.2) is 0 Å². The molecule has 0 saturated carbocycles. The van der Waals surface area contributed by atoms with E-state index in [2.05, 4.69) is 35.2 Å². The molecule has 1 spiro atoms. The number of carbonyl (C=O) groups is 2. The van der Waals surface area contributed by atoms with Crippen LogP contribution in [0.5, 0.6) is 0 Å². The van der Waals surface area contributed by atoms with Crippen LogP contribution in [-0.4, -0.2) is 65.5 Å². The fourth-order valence-electron chi connectivity index (χ4n) is 5.26. The Morgan fingerprint density at radius 3 is 2.44 bits per heavy atom. The van der Waals surface area contributed by atoms with E-state index >= 15 is 0 Å². The Morgan fingerprint density at radius 1 is 0.971 bits per heavy atom. The maximum atomic E-state index is 13.7. The van der Waals surface area contributed by atoms with Crippen molar-refractivity contribution in [1.82, 2.24) is 14.7 Å². The molecule has 5 rings (SSSR count). The first-order valence-electron chi connectivity index (χ1n) is 12.0. The van der Waals surface area contributed by atoms with Crippen LogP contribution in [0.25, 0.3) is 10.1 Å². The zero-order chi connectivity index (χ0) is 23.5. The third-order valence-electron chi connectivity index (χ3n) is 7.07. The van der Waals surface area contributed by atoms with E-state index in [1.807, 2.05) is 46.6 Å². The maximum absolute atomic E-state index is 13.7. The van der Waals surface area contributed by atoms with Crippen LogP contribution >= 0.6 is 11.3 Å². The fraction of sp³-hybridized carbons (Fsp3) is 0.407. The molecule has 0 unspecified atom stereocenters. The highest BCUT2D eigenvalue weighted by molar-refractivity contribution is 7.19. The lowest BCUT2D eigenvalue weighted by atomic mass is 9.85. The van der Waals surface area contributed by atoms with Crippen molar-refractivity contribution >= 4 is 33.4 Å². The highest BCUT2D eigenvalue weighted by Gasteiger charge is 2.57. The molecular formula is C27H31N3O3S. The summed E-state index contributed by atoms with van der Waals surface area (Å²) in [5.41, 5.74) is 0.233. The number of amides is 3. The molecule has 0 atom stereocenters. The quantitative estimate of drug-likeness (QED) is 0.348. The summed E-state index contributed by atoms with van der Waals surface area (Å²) in [6.07, 6.45) is 2.06. The average molecular weight is 478 g/mol. The molecule has 3 aromatic rings. The van der Waals surface area contributed by atoms with Crippen LogP contribution in [0.2, 0.25) is 0 Å². The molecule has 2 aliphatic rings. The smallest absolute Gasteiger partial charge is 0.327 e. The molecule has 2 aromatic carbocycles. The van der Waals surface area contributed by atoms with Crippen molar-refractivity contribution < 1.29 is 14.3 Å². The third-order valence-corrected chi connectivity index (χ3v) is 8.18. The topological polar surface area (TPSA) is 53.1 Å². The lowest BCUT2D eigenvalue weighted by molar-refractivity contribution is -0.136. The van der Waals surface area contributed by atoms with Crippen molar-refractivity contribution in [3.63, 3.8) is 0 Å². The molecule has 1 aromatic heterocycles. The minimum Gasteiger partial charge on any atom is -0.385 e. The Bertz CT molecular complexity index is 1120. The molecule has 0 N–H and O–H groups in total. The number of methoxy groups -OCH3 is 1. The van der Waals surface area contributed by atoms with Crippen LogP contribution in [0.1, 0.15) is 29.7 Å². The molecule has 2 saturated heterocycles. The van der Waals surface area contributed by atoms with Gasteiger partial charge < -0.3 is 9.64 Å². The highest BCUT2D eigenvalue weighted by atomic mass is 32.1. The standard InChI is InChI=1S/C27H31N3O3S/c1-33-17-7-14-30-26(32)29(19-21-8-3-2-4-9-21)25(31)27(30)12-15-28(16-13-27)20-23-18-22-10-5-6-11-24(22)34-23/h2-6,8-11,18H,7,12-17,19-20H2,1H3. The maximum Gasteiger partial charge on any atom is 0.327 e. The number of likely N-dealkylation sites (tertiary alicyclic amines) is 1. The Kier molecular flexibility index (Phi) is 6.68. The van der Waals surface area contributed by atoms with E-state index < -0.39 is 5.54 Å². The van der Waals surface area contributed by atoms with Crippen LogP contribution in [0.4, 0.5) is 4.79 Å². The number of thiophene rings is 1. The van der Waals surface area contributed by atoms with Crippen molar-refractivity contribution in [3.8, 4) is 0 Å². The van der Waals surface area contributed by atoms with Gasteiger partial charge in [0.05, 0.1) is 6.54 Å². The number of carbonyl (C=O) groups excluding carboxylic acids is 2. The predicted octanol–water partition coefficient (Wildman–Crippen LogP) is 4.74. The van der Waals surface area contributed by atoms with E-state index in [0.29, 0.717) is 32.5 Å². The molecule has 0 radical (unpaired) electrons. The number of benzene rings is 2. The van der Waals surface area contributed by atoms with Crippen molar-refractivity contribution in [2.45, 2.75) is 37.9 Å². The lowest BCUT2D eigenvalue weighted by Gasteiger charge is -2.42. The van der Waals surface area contributed by atoms with E-state index in [-0.39, 0.29) is 11.9 Å². The van der Waals surface area contributed by atoms with Gasteiger partial charge in [0.1, 0.15) is 5.54 Å². The van der Waals surface area contributed by atoms with E-state index in [4.69, 9.17) is 4.74 Å². The first-order chi connectivity index (χ1) is 16.6. The molecule has 2 aliphatic heterocycles. The molecule has 6 nitrogen and oxygen atoms in total. The van der Waals surface area contributed by atoms with Crippen LogP contribution in [0.15, 0.2) is 60.7 Å². The van der Waals surface area contributed by atoms with E-state index in [9.17, 15) is 9.59 Å². The van der Waals surface area contributed by atoms with Crippen molar-refractivity contribution in [2.75, 3.05) is 33.4 Å². The SMILES string of the molecule is COCCCN1C(=O)N(Cc2ccccc2)C(=O)C12CCN(Cc1cc3ccccc3s1)CC2. The predicted molar refractivity (Wildman–Crippen MR) is 135 cm³/mol. The number of imide groups is 1. The van der Waals surface area contributed by atoms with Crippen LogP contribution < -0.4 is 0 Å². The van der Waals surface area contributed by atoms with Gasteiger partial charge in [-0.3, -0.25) is 14.6 Å². The summed E-state index contributed by atoms with van der Waals surface area (Å²) in [7, 11) is 1.67. The molecule has 2 fully saturated rings. The number of rotatable bonds is 8. The second-order valence-corrected chi connectivity index (χ2v) is 10.4. The van der Waals surface area contributed by atoms with Gasteiger partial charge in [-0.15, -0.1) is 11.3 Å². The first-order valence-corrected chi connectivity index (χ1v) is 12.8. The molecule has 0 aliphatic carbocycles. The lowest BCUT2D eigenvalue weighted by Crippen LogP contribution is -2.56. The monoisotopic (exact) mass is 477 g/mol. The summed E-state index contributed by atoms with van der Waals surface area (Å²) in [6.45, 7) is 3.92. The fourth-order valence-corrected chi connectivity index (χ4v) is 6.37. The summed E-state index contributed by atoms with van der Waals surface area (Å²) < 4.78 is 6.54. The van der Waals surface area contributed by atoms with Gasteiger partial charge in [0, 0.05) is 49.5 Å². The Hall–Kier alpha value is -2.74. The van der Waals surface area contributed by atoms with Crippen LogP contribution in [0, 0.1) is 0 Å². The Morgan fingerprint density at radius 2 is 1.71 bits per heavy atom. The summed E-state index contributed by atoms with van der Waals surface area (Å²) in [4.78, 5) is 34.2. The number of nitrogens with zero attached hydrogens (tertiary/aromatic N) is 3. The molecular weight excluding hydrogens is 446 g/mol. The molecule has 34 heavy (non-hydrogen) atoms. The minimum absolute atomic E-state index is 0.0414. The van der Waals surface area contributed by atoms with Gasteiger partial charge in [-0.05, 0) is 42.3 Å². The van der Waals surface area contributed by atoms with Gasteiger partial charge in [0.25, 0.3) is 5.91 Å². The molecule has 0 bridgehead atoms. The van der Waals surface area contributed by atoms with E-state index in [0.717, 1.165) is 31.6 Å². The summed E-state index contributed by atoms with van der Waals surface area (Å²) in [5.74, 6) is -0.0414. The number of fused-ring (bicyclic) bond motifs is 1. The number of hydrogen-bond acceptors (Lipinski definition) is 5. The Balaban J connectivity index is 1.32. The summed E-state index contributed by atoms with van der Waals surface area (Å²) in [5, 5.41) is 1.29. The van der Waals surface area contributed by atoms with Gasteiger partial charge in [-0.25, -0.2) is 4.79 Å². The minimum atomic E-state index is -0.740. The van der Waals surface area contributed by atoms with Gasteiger partial charge >= 0.3 is 6.03 Å². The average Bonchev–Trinajstić information content (AvgIpc) is 3.35. The third kappa shape index (κ3) is 4.35. The number of urea groups is 1. The zero-order valence-corrected chi connectivity index (χ0v) is 20.4. The second-order valence-electron chi connectivity index (χ2n) is 9.22. The van der Waals surface area contributed by atoms with Crippen LogP contribution in [-0.2, 0) is 22.6 Å². The molecule has 7 heteroatoms. The molecule has 178 valence electrons. The number of hydrogen-bond donors (Lipinski definition) is 0. The first kappa shape index (κ1) is 23.0. The van der Waals surface area contributed by atoms with E-state index in [1.54, 1.807) is 7.11 Å². The van der Waals surface area contributed by atoms with Gasteiger partial charge in [-0.1, -0.05) is 48.5 Å². The number of ether oxygens (including phenoxy) is 1. The van der Waals surface area contributed by atoms with Crippen LogP contribution in [0.3, 0.4) is 0 Å². The second kappa shape index (κ2) is 9.86. The van der Waals surface area contributed by atoms with Crippen molar-refractivity contribution in [2.24, 2.45) is 0 Å². The number of piperidine rings is 1. The van der Waals surface area contributed by atoms with E-state index in [1.165, 1.54) is 19.9 Å². The zero-order valence-electron chi connectivity index (χ0n) is 19.6. The van der Waals surface area contributed by atoms with Crippen molar-refractivity contribution in [1.29, 1.82) is 0 Å². The normalized spacial score (nSPS) is 18.5. The van der Waals surface area contributed by atoms with Gasteiger partial charge in [0.2, 0.25) is 0 Å². The molecule has 3 amide bonds. The highest BCUT2D eigenvalue weighted by Crippen LogP contribution is 2.39. The summed E-state index contributed by atoms with van der Waals surface area (Å²) in [6, 6.07) is 20.3. The molecule has 3 heterocycles. The van der Waals surface area contributed by atoms with Gasteiger partial charge in [-0.2, -0.15) is 0 Å². The largest absolute Gasteiger partial charge is 0.385 e. The van der Waals surface area contributed by atoms with Crippen molar-refractivity contribution in [3.05, 3.63) is 71.1 Å².